The van der Waals surface area contributed by atoms with E-state index in [0.29, 0.717) is 0 Å². The van der Waals surface area contributed by atoms with Crippen molar-refractivity contribution in [1.82, 2.24) is 0 Å². The number of oxime groups is 1. The number of ether oxygens (including phenoxy) is 1. The topological polar surface area (TPSA) is 52.2 Å². The molecule has 0 fully saturated rings. The molecule has 0 saturated heterocycles. The Kier molecular flexibility index (Phi) is 3.30. The van der Waals surface area contributed by atoms with Crippen LogP contribution < -0.4 is 0 Å². The van der Waals surface area contributed by atoms with Crippen LogP contribution in [0, 0.1) is 12.5 Å². The second-order valence-corrected chi connectivity index (χ2v) is 3.62. The van der Waals surface area contributed by atoms with Crippen LogP contribution in [0.5, 0.6) is 0 Å². The van der Waals surface area contributed by atoms with Gasteiger partial charge in [-0.05, 0) is 12.8 Å². The Bertz CT molecular complexity index is 330. The maximum atomic E-state index is 11.5. The number of rotatable bonds is 3. The average Bonchev–Trinajstić information content (AvgIpc) is 2.63. The molecule has 0 amide bonds. The van der Waals surface area contributed by atoms with E-state index in [9.17, 15) is 4.79 Å². The summed E-state index contributed by atoms with van der Waals surface area (Å²) in [6.45, 7) is 12.8. The van der Waals surface area contributed by atoms with Gasteiger partial charge in [0, 0.05) is 0 Å². The highest BCUT2D eigenvalue weighted by Crippen LogP contribution is 2.29. The maximum absolute atomic E-state index is 11.5. The molecule has 0 aromatic carbocycles. The molecule has 1 heterocycles. The molecule has 0 bridgehead atoms. The summed E-state index contributed by atoms with van der Waals surface area (Å²) in [5.41, 5.74) is -0.852. The summed E-state index contributed by atoms with van der Waals surface area (Å²) in [4.78, 5) is 19.7. The monoisotopic (exact) mass is 210 g/mol. The second-order valence-electron chi connectivity index (χ2n) is 3.62. The Morgan fingerprint density at radius 1 is 1.80 bits per heavy atom. The fourth-order valence-electron chi connectivity index (χ4n) is 1.21. The summed E-state index contributed by atoms with van der Waals surface area (Å²) in [6, 6.07) is 0. The lowest BCUT2D eigenvalue weighted by Gasteiger charge is -2.11. The first-order valence-corrected chi connectivity index (χ1v) is 4.86. The SMILES string of the molecule is [C-]#[N+]C1(C(=O)OCC)CC(C(C)C)=NO1. The Morgan fingerprint density at radius 2 is 2.47 bits per heavy atom. The molecule has 0 aromatic heterocycles. The lowest BCUT2D eigenvalue weighted by Crippen LogP contribution is -2.37. The van der Waals surface area contributed by atoms with E-state index in [0.717, 1.165) is 5.71 Å². The average molecular weight is 210 g/mol. The van der Waals surface area contributed by atoms with Crippen LogP contribution in [0.1, 0.15) is 27.2 Å². The van der Waals surface area contributed by atoms with Crippen molar-refractivity contribution in [2.45, 2.75) is 32.9 Å². The van der Waals surface area contributed by atoms with Crippen LogP contribution in [0.3, 0.4) is 0 Å². The van der Waals surface area contributed by atoms with Gasteiger partial charge < -0.3 is 9.57 Å². The Balaban J connectivity index is 2.78. The Morgan fingerprint density at radius 3 is 2.87 bits per heavy atom. The molecule has 5 nitrogen and oxygen atoms in total. The fraction of sp³-hybridized carbons (Fsp3) is 0.700. The Labute approximate surface area is 88.9 Å². The highest BCUT2D eigenvalue weighted by atomic mass is 16.7. The van der Waals surface area contributed by atoms with Crippen molar-refractivity contribution in [2.24, 2.45) is 11.1 Å². The summed E-state index contributed by atoms with van der Waals surface area (Å²) >= 11 is 0. The molecule has 0 saturated carbocycles. The van der Waals surface area contributed by atoms with Gasteiger partial charge in [0.15, 0.2) is 0 Å². The zero-order chi connectivity index (χ0) is 11.5. The van der Waals surface area contributed by atoms with E-state index in [1.807, 2.05) is 13.8 Å². The predicted octanol–water partition coefficient (Wildman–Crippen LogP) is 1.60. The van der Waals surface area contributed by atoms with Gasteiger partial charge in [0.2, 0.25) is 0 Å². The number of nitrogens with zero attached hydrogens (tertiary/aromatic N) is 2. The summed E-state index contributed by atoms with van der Waals surface area (Å²) in [5.74, 6) is -0.484. The minimum atomic E-state index is -1.57. The number of carbonyl (C=O) groups is 1. The minimum Gasteiger partial charge on any atom is -0.457 e. The number of hydrogen-bond acceptors (Lipinski definition) is 4. The van der Waals surface area contributed by atoms with Crippen molar-refractivity contribution < 1.29 is 14.4 Å². The first kappa shape index (κ1) is 11.5. The van der Waals surface area contributed by atoms with Crippen molar-refractivity contribution in [3.63, 3.8) is 0 Å². The number of esters is 1. The van der Waals surface area contributed by atoms with Crippen molar-refractivity contribution in [2.75, 3.05) is 6.61 Å². The third-order valence-corrected chi connectivity index (χ3v) is 2.18. The molecule has 0 spiro atoms. The largest absolute Gasteiger partial charge is 0.498 e. The van der Waals surface area contributed by atoms with Crippen molar-refractivity contribution in [1.29, 1.82) is 0 Å². The van der Waals surface area contributed by atoms with Crippen LogP contribution in [0.2, 0.25) is 0 Å². The van der Waals surface area contributed by atoms with Gasteiger partial charge in [0.1, 0.15) is 6.42 Å². The molecule has 82 valence electrons. The van der Waals surface area contributed by atoms with Gasteiger partial charge in [-0.3, -0.25) is 4.85 Å². The van der Waals surface area contributed by atoms with E-state index >= 15 is 0 Å². The van der Waals surface area contributed by atoms with Crippen LogP contribution in [-0.2, 0) is 14.4 Å². The summed E-state index contributed by atoms with van der Waals surface area (Å²) in [5, 5.41) is 3.77. The third kappa shape index (κ3) is 2.09. The molecule has 1 atom stereocenters. The molecule has 1 rings (SSSR count). The molecule has 0 aliphatic carbocycles. The predicted molar refractivity (Wildman–Crippen MR) is 53.9 cm³/mol. The summed E-state index contributed by atoms with van der Waals surface area (Å²) < 4.78 is 4.80. The summed E-state index contributed by atoms with van der Waals surface area (Å²) in [7, 11) is 0. The van der Waals surface area contributed by atoms with Crippen LogP contribution in [0.25, 0.3) is 4.85 Å². The van der Waals surface area contributed by atoms with Crippen LogP contribution >= 0.6 is 0 Å². The van der Waals surface area contributed by atoms with Gasteiger partial charge in [0.05, 0.1) is 12.3 Å². The highest BCUT2D eigenvalue weighted by molar-refractivity contribution is 5.95. The third-order valence-electron chi connectivity index (χ3n) is 2.18. The molecule has 1 unspecified atom stereocenters. The van der Waals surface area contributed by atoms with Gasteiger partial charge in [-0.1, -0.05) is 19.0 Å². The summed E-state index contributed by atoms with van der Waals surface area (Å²) in [6.07, 6.45) is 0.201. The molecule has 1 aliphatic heterocycles. The molecular formula is C10H14N2O3. The molecule has 15 heavy (non-hydrogen) atoms. The van der Waals surface area contributed by atoms with Crippen LogP contribution in [-0.4, -0.2) is 24.0 Å². The first-order chi connectivity index (χ1) is 7.05. The molecular weight excluding hydrogens is 196 g/mol. The van der Waals surface area contributed by atoms with E-state index in [4.69, 9.17) is 16.1 Å². The zero-order valence-electron chi connectivity index (χ0n) is 9.11. The number of carbonyl (C=O) groups excluding carboxylic acids is 1. The van der Waals surface area contributed by atoms with Gasteiger partial charge in [-0.15, -0.1) is 0 Å². The normalized spacial score (nSPS) is 24.3. The lowest BCUT2D eigenvalue weighted by molar-refractivity contribution is -0.163. The fourth-order valence-corrected chi connectivity index (χ4v) is 1.21. The van der Waals surface area contributed by atoms with E-state index in [1.165, 1.54) is 0 Å². The molecule has 0 radical (unpaired) electrons. The maximum Gasteiger partial charge on any atom is 0.498 e. The minimum absolute atomic E-state index is 0.169. The van der Waals surface area contributed by atoms with Gasteiger partial charge in [0.25, 0.3) is 0 Å². The Hall–Kier alpha value is -1.57. The number of hydrogen-bond donors (Lipinski definition) is 0. The first-order valence-electron chi connectivity index (χ1n) is 4.86. The molecule has 0 aromatic rings. The standard InChI is InChI=1S/C10H14N2O3/c1-5-14-9(13)10(11-4)6-8(7(2)3)12-15-10/h7H,5-6H2,1-3H3. The van der Waals surface area contributed by atoms with E-state index in [1.54, 1.807) is 6.92 Å². The van der Waals surface area contributed by atoms with Gasteiger partial charge in [-0.25, -0.2) is 11.4 Å². The quantitative estimate of drug-likeness (QED) is 0.525. The zero-order valence-corrected chi connectivity index (χ0v) is 9.11. The van der Waals surface area contributed by atoms with Crippen molar-refractivity contribution in [3.8, 4) is 0 Å². The van der Waals surface area contributed by atoms with Gasteiger partial charge in [-0.2, -0.15) is 0 Å². The van der Waals surface area contributed by atoms with E-state index in [2.05, 4.69) is 10.0 Å². The lowest BCUT2D eigenvalue weighted by atomic mass is 9.99. The second kappa shape index (κ2) is 4.30. The molecule has 1 aliphatic rings. The van der Waals surface area contributed by atoms with Crippen LogP contribution in [0.15, 0.2) is 5.16 Å². The smallest absolute Gasteiger partial charge is 0.457 e. The van der Waals surface area contributed by atoms with Crippen molar-refractivity contribution in [3.05, 3.63) is 11.4 Å². The highest BCUT2D eigenvalue weighted by Gasteiger charge is 2.56. The van der Waals surface area contributed by atoms with E-state index < -0.39 is 11.7 Å². The van der Waals surface area contributed by atoms with Gasteiger partial charge >= 0.3 is 11.7 Å². The molecule has 5 heteroatoms. The molecule has 0 N–H and O–H groups in total. The van der Waals surface area contributed by atoms with E-state index in [-0.39, 0.29) is 18.9 Å². The van der Waals surface area contributed by atoms with Crippen molar-refractivity contribution >= 4 is 11.7 Å². The van der Waals surface area contributed by atoms with Crippen LogP contribution in [0.4, 0.5) is 0 Å².